The largest absolute Gasteiger partial charge is 0.389 e. The van der Waals surface area contributed by atoms with E-state index in [4.69, 9.17) is 5.11 Å². The molecule has 0 aliphatic heterocycles. The number of hydrogen-bond acceptors (Lipinski definition) is 1. The van der Waals surface area contributed by atoms with E-state index in [1.807, 2.05) is 38.2 Å². The number of hydrogen-bond donors (Lipinski definition) is 1. The summed E-state index contributed by atoms with van der Waals surface area (Å²) in [6.45, 7) is 5.68. The highest BCUT2D eigenvalue weighted by Crippen LogP contribution is 1.99. The molecule has 1 N–H and O–H groups in total. The highest BCUT2D eigenvalue weighted by Gasteiger charge is 1.85. The first-order valence-corrected chi connectivity index (χ1v) is 3.86. The molecular formula is C10H16O. The van der Waals surface area contributed by atoms with E-state index in [0.29, 0.717) is 0 Å². The normalized spacial score (nSPS) is 16.5. The minimum absolute atomic E-state index is 0.366. The standard InChI is InChI=1S/C10H16O/c1-4-6-10(5-2)8-7-9(3)11/h4-9,11H,1-3H3. The van der Waals surface area contributed by atoms with Crippen molar-refractivity contribution in [2.75, 3.05) is 0 Å². The fourth-order valence-electron chi connectivity index (χ4n) is 0.691. The average Bonchev–Trinajstić information content (AvgIpc) is 1.97. The van der Waals surface area contributed by atoms with Gasteiger partial charge in [0.05, 0.1) is 6.10 Å². The van der Waals surface area contributed by atoms with Crippen molar-refractivity contribution < 1.29 is 5.11 Å². The first kappa shape index (κ1) is 10.2. The van der Waals surface area contributed by atoms with E-state index in [9.17, 15) is 0 Å². The lowest BCUT2D eigenvalue weighted by Crippen LogP contribution is -1.91. The third-order valence-electron chi connectivity index (χ3n) is 1.26. The van der Waals surface area contributed by atoms with E-state index in [-0.39, 0.29) is 6.10 Å². The first-order chi connectivity index (χ1) is 5.20. The molecule has 1 atom stereocenters. The zero-order valence-corrected chi connectivity index (χ0v) is 7.41. The van der Waals surface area contributed by atoms with Crippen LogP contribution < -0.4 is 0 Å². The summed E-state index contributed by atoms with van der Waals surface area (Å²) in [5.41, 5.74) is 1.12. The van der Waals surface area contributed by atoms with E-state index in [1.165, 1.54) is 0 Å². The lowest BCUT2D eigenvalue weighted by Gasteiger charge is -1.94. The van der Waals surface area contributed by atoms with Gasteiger partial charge in [0.1, 0.15) is 0 Å². The Labute approximate surface area is 68.7 Å². The highest BCUT2D eigenvalue weighted by atomic mass is 16.3. The van der Waals surface area contributed by atoms with Gasteiger partial charge in [-0.3, -0.25) is 0 Å². The molecule has 0 aliphatic rings. The maximum atomic E-state index is 8.93. The average molecular weight is 152 g/mol. The first-order valence-electron chi connectivity index (χ1n) is 3.86. The molecule has 1 unspecified atom stereocenters. The predicted octanol–water partition coefficient (Wildman–Crippen LogP) is 2.45. The summed E-state index contributed by atoms with van der Waals surface area (Å²) in [5.74, 6) is 0. The lowest BCUT2D eigenvalue weighted by molar-refractivity contribution is 0.244. The second-order valence-electron chi connectivity index (χ2n) is 2.39. The molecule has 0 spiro atoms. The van der Waals surface area contributed by atoms with Crippen LogP contribution in [0.3, 0.4) is 0 Å². The maximum absolute atomic E-state index is 8.93. The van der Waals surface area contributed by atoms with Gasteiger partial charge in [-0.15, -0.1) is 0 Å². The van der Waals surface area contributed by atoms with Crippen molar-refractivity contribution in [1.29, 1.82) is 0 Å². The van der Waals surface area contributed by atoms with E-state index in [1.54, 1.807) is 13.0 Å². The number of aliphatic hydroxyl groups is 1. The van der Waals surface area contributed by atoms with Crippen LogP contribution in [0.5, 0.6) is 0 Å². The van der Waals surface area contributed by atoms with Crippen LogP contribution in [-0.4, -0.2) is 11.2 Å². The summed E-state index contributed by atoms with van der Waals surface area (Å²) in [4.78, 5) is 0. The minimum atomic E-state index is -0.366. The Bertz CT molecular complexity index is 173. The molecule has 0 heterocycles. The van der Waals surface area contributed by atoms with Gasteiger partial charge in [0.25, 0.3) is 0 Å². The van der Waals surface area contributed by atoms with Gasteiger partial charge in [-0.2, -0.15) is 0 Å². The third-order valence-corrected chi connectivity index (χ3v) is 1.26. The summed E-state index contributed by atoms with van der Waals surface area (Å²) < 4.78 is 0. The molecule has 0 amide bonds. The number of allylic oxidation sites excluding steroid dienone is 5. The van der Waals surface area contributed by atoms with Gasteiger partial charge in [-0.1, -0.05) is 30.4 Å². The molecule has 1 nitrogen and oxygen atoms in total. The van der Waals surface area contributed by atoms with Gasteiger partial charge in [-0.25, -0.2) is 0 Å². The molecule has 62 valence electrons. The fourth-order valence-corrected chi connectivity index (χ4v) is 0.691. The Morgan fingerprint density at radius 1 is 1.27 bits per heavy atom. The van der Waals surface area contributed by atoms with Crippen LogP contribution in [0.2, 0.25) is 0 Å². The van der Waals surface area contributed by atoms with Crippen molar-refractivity contribution in [2.45, 2.75) is 26.9 Å². The Hall–Kier alpha value is -0.820. The molecule has 0 saturated heterocycles. The fraction of sp³-hybridized carbons (Fsp3) is 0.400. The summed E-state index contributed by atoms with van der Waals surface area (Å²) in [5, 5.41) is 8.93. The second kappa shape index (κ2) is 5.93. The van der Waals surface area contributed by atoms with Crippen LogP contribution in [0.1, 0.15) is 20.8 Å². The molecule has 0 aromatic heterocycles. The summed E-state index contributed by atoms with van der Waals surface area (Å²) >= 11 is 0. The Morgan fingerprint density at radius 2 is 1.91 bits per heavy atom. The van der Waals surface area contributed by atoms with E-state index in [2.05, 4.69) is 0 Å². The van der Waals surface area contributed by atoms with Gasteiger partial charge in [-0.05, 0) is 26.3 Å². The topological polar surface area (TPSA) is 20.2 Å². The van der Waals surface area contributed by atoms with Gasteiger partial charge >= 0.3 is 0 Å². The molecular weight excluding hydrogens is 136 g/mol. The Morgan fingerprint density at radius 3 is 2.27 bits per heavy atom. The number of aliphatic hydroxyl groups excluding tert-OH is 1. The molecule has 0 rings (SSSR count). The van der Waals surface area contributed by atoms with Gasteiger partial charge < -0.3 is 5.11 Å². The van der Waals surface area contributed by atoms with Crippen molar-refractivity contribution in [2.24, 2.45) is 0 Å². The van der Waals surface area contributed by atoms with Crippen LogP contribution in [0.4, 0.5) is 0 Å². The van der Waals surface area contributed by atoms with Crippen LogP contribution in [0.15, 0.2) is 36.0 Å². The molecule has 0 aromatic rings. The molecule has 0 bridgehead atoms. The molecule has 0 fully saturated rings. The number of rotatable bonds is 3. The van der Waals surface area contributed by atoms with E-state index >= 15 is 0 Å². The summed E-state index contributed by atoms with van der Waals surface area (Å²) in [6, 6.07) is 0. The van der Waals surface area contributed by atoms with E-state index < -0.39 is 0 Å². The van der Waals surface area contributed by atoms with Crippen molar-refractivity contribution in [3.63, 3.8) is 0 Å². The third kappa shape index (κ3) is 5.62. The SMILES string of the molecule is CC=CC(C=CC(C)O)=CC. The maximum Gasteiger partial charge on any atom is 0.0696 e. The van der Waals surface area contributed by atoms with E-state index in [0.717, 1.165) is 5.57 Å². The predicted molar refractivity (Wildman–Crippen MR) is 49.4 cm³/mol. The van der Waals surface area contributed by atoms with Crippen LogP contribution in [-0.2, 0) is 0 Å². The Balaban J connectivity index is 4.10. The minimum Gasteiger partial charge on any atom is -0.389 e. The highest BCUT2D eigenvalue weighted by molar-refractivity contribution is 5.29. The Kier molecular flexibility index (Phi) is 5.49. The van der Waals surface area contributed by atoms with Crippen molar-refractivity contribution in [3.05, 3.63) is 36.0 Å². The molecule has 0 aliphatic carbocycles. The summed E-state index contributed by atoms with van der Waals surface area (Å²) in [6.07, 6.45) is 9.27. The quantitative estimate of drug-likeness (QED) is 0.616. The van der Waals surface area contributed by atoms with Crippen molar-refractivity contribution in [1.82, 2.24) is 0 Å². The smallest absolute Gasteiger partial charge is 0.0696 e. The molecule has 0 saturated carbocycles. The second-order valence-corrected chi connectivity index (χ2v) is 2.39. The van der Waals surface area contributed by atoms with Crippen LogP contribution >= 0.6 is 0 Å². The molecule has 11 heavy (non-hydrogen) atoms. The van der Waals surface area contributed by atoms with Crippen molar-refractivity contribution in [3.8, 4) is 0 Å². The molecule has 0 aromatic carbocycles. The zero-order chi connectivity index (χ0) is 8.69. The molecule has 1 heteroatoms. The molecule has 0 radical (unpaired) electrons. The van der Waals surface area contributed by atoms with Gasteiger partial charge in [0.2, 0.25) is 0 Å². The monoisotopic (exact) mass is 152 g/mol. The lowest BCUT2D eigenvalue weighted by atomic mass is 10.2. The zero-order valence-electron chi connectivity index (χ0n) is 7.41. The van der Waals surface area contributed by atoms with Gasteiger partial charge in [0.15, 0.2) is 0 Å². The van der Waals surface area contributed by atoms with Gasteiger partial charge in [0, 0.05) is 0 Å². The van der Waals surface area contributed by atoms with Crippen molar-refractivity contribution >= 4 is 0 Å². The summed E-state index contributed by atoms with van der Waals surface area (Å²) in [7, 11) is 0. The van der Waals surface area contributed by atoms with Crippen LogP contribution in [0, 0.1) is 0 Å². The van der Waals surface area contributed by atoms with Crippen LogP contribution in [0.25, 0.3) is 0 Å².